The first kappa shape index (κ1) is 12.1. The van der Waals surface area contributed by atoms with Gasteiger partial charge in [-0.2, -0.15) is 0 Å². The van der Waals surface area contributed by atoms with Crippen molar-refractivity contribution in [2.75, 3.05) is 19.6 Å². The van der Waals surface area contributed by atoms with Crippen LogP contribution in [0.2, 0.25) is 0 Å². The van der Waals surface area contributed by atoms with Crippen LogP contribution in [0.1, 0.15) is 5.56 Å². The lowest BCUT2D eigenvalue weighted by Crippen LogP contribution is -2.32. The summed E-state index contributed by atoms with van der Waals surface area (Å²) in [4.78, 5) is 13.6. The van der Waals surface area contributed by atoms with Gasteiger partial charge in [-0.15, -0.1) is 0 Å². The molecule has 1 heterocycles. The number of hydrogen-bond acceptors (Lipinski definition) is 3. The Labute approximate surface area is 102 Å². The summed E-state index contributed by atoms with van der Waals surface area (Å²) in [6.07, 6.45) is 0. The van der Waals surface area contributed by atoms with Crippen molar-refractivity contribution in [2.24, 2.45) is 23.3 Å². The van der Waals surface area contributed by atoms with Crippen molar-refractivity contribution in [3.63, 3.8) is 0 Å². The fraction of sp³-hybridized carbons (Fsp3) is 0.462. The third-order valence-electron chi connectivity index (χ3n) is 3.43. The van der Waals surface area contributed by atoms with Gasteiger partial charge in [-0.3, -0.25) is 9.69 Å². The van der Waals surface area contributed by atoms with Crippen molar-refractivity contribution in [1.82, 2.24) is 4.90 Å². The van der Waals surface area contributed by atoms with Crippen molar-refractivity contribution >= 4 is 5.91 Å². The number of nitrogens with zero attached hydrogens (tertiary/aromatic N) is 1. The molecule has 4 heteroatoms. The molecule has 0 spiro atoms. The monoisotopic (exact) mass is 233 g/mol. The molecule has 0 radical (unpaired) electrons. The summed E-state index contributed by atoms with van der Waals surface area (Å²) in [5.74, 6) is -0.115. The number of carbonyl (C=O) groups is 1. The number of hydrogen-bond donors (Lipinski definition) is 2. The fourth-order valence-electron chi connectivity index (χ4n) is 2.49. The topological polar surface area (TPSA) is 72.3 Å². The zero-order chi connectivity index (χ0) is 12.3. The number of rotatable bonds is 4. The van der Waals surface area contributed by atoms with Gasteiger partial charge in [0.25, 0.3) is 0 Å². The van der Waals surface area contributed by atoms with Gasteiger partial charge < -0.3 is 11.5 Å². The van der Waals surface area contributed by atoms with Crippen LogP contribution in [-0.2, 0) is 11.3 Å². The van der Waals surface area contributed by atoms with E-state index < -0.39 is 0 Å². The second-order valence-corrected chi connectivity index (χ2v) is 4.68. The lowest BCUT2D eigenvalue weighted by atomic mass is 9.96. The third-order valence-corrected chi connectivity index (χ3v) is 3.43. The zero-order valence-electron chi connectivity index (χ0n) is 9.88. The number of nitrogens with two attached hydrogens (primary N) is 2. The molecule has 0 unspecified atom stereocenters. The van der Waals surface area contributed by atoms with Gasteiger partial charge in [0.05, 0.1) is 5.92 Å². The standard InChI is InChI=1S/C13H19N3O/c14-6-11-8-16(9-12(11)13(15)17)7-10-4-2-1-3-5-10/h1-5,11-12H,6-9,14H2,(H2,15,17)/t11-,12+/m0/s1. The van der Waals surface area contributed by atoms with Gasteiger partial charge in [-0.1, -0.05) is 30.3 Å². The van der Waals surface area contributed by atoms with Gasteiger partial charge >= 0.3 is 0 Å². The highest BCUT2D eigenvalue weighted by Gasteiger charge is 2.35. The number of carbonyl (C=O) groups excluding carboxylic acids is 1. The average Bonchev–Trinajstić information content (AvgIpc) is 2.73. The SMILES string of the molecule is NC[C@H]1CN(Cc2ccccc2)C[C@H]1C(N)=O. The normalized spacial score (nSPS) is 25.0. The quantitative estimate of drug-likeness (QED) is 0.779. The molecule has 1 aromatic rings. The highest BCUT2D eigenvalue weighted by Crippen LogP contribution is 2.23. The van der Waals surface area contributed by atoms with Gasteiger partial charge in [0.15, 0.2) is 0 Å². The molecule has 4 nitrogen and oxygen atoms in total. The fourth-order valence-corrected chi connectivity index (χ4v) is 2.49. The average molecular weight is 233 g/mol. The van der Waals surface area contributed by atoms with E-state index in [1.54, 1.807) is 0 Å². The molecule has 1 saturated heterocycles. The van der Waals surface area contributed by atoms with Crippen LogP contribution in [-0.4, -0.2) is 30.4 Å². The van der Waals surface area contributed by atoms with E-state index in [4.69, 9.17) is 11.5 Å². The van der Waals surface area contributed by atoms with Gasteiger partial charge in [-0.05, 0) is 18.0 Å². The van der Waals surface area contributed by atoms with Crippen LogP contribution >= 0.6 is 0 Å². The Morgan fingerprint density at radius 1 is 1.29 bits per heavy atom. The van der Waals surface area contributed by atoms with Crippen LogP contribution < -0.4 is 11.5 Å². The van der Waals surface area contributed by atoms with Crippen LogP contribution in [0.25, 0.3) is 0 Å². The van der Waals surface area contributed by atoms with E-state index in [1.165, 1.54) is 5.56 Å². The molecular weight excluding hydrogens is 214 g/mol. The summed E-state index contributed by atoms with van der Waals surface area (Å²) in [5, 5.41) is 0. The summed E-state index contributed by atoms with van der Waals surface area (Å²) >= 11 is 0. The van der Waals surface area contributed by atoms with Gasteiger partial charge in [-0.25, -0.2) is 0 Å². The molecule has 1 aromatic carbocycles. The molecule has 1 aliphatic heterocycles. The van der Waals surface area contributed by atoms with Gasteiger partial charge in [0.1, 0.15) is 0 Å². The molecule has 1 amide bonds. The van der Waals surface area contributed by atoms with Crippen LogP contribution in [0.4, 0.5) is 0 Å². The molecular formula is C13H19N3O. The van der Waals surface area contributed by atoms with Gasteiger partial charge in [0.2, 0.25) is 5.91 Å². The maximum absolute atomic E-state index is 11.3. The van der Waals surface area contributed by atoms with E-state index in [0.29, 0.717) is 6.54 Å². The lowest BCUT2D eigenvalue weighted by Gasteiger charge is -2.15. The number of primary amides is 1. The maximum Gasteiger partial charge on any atom is 0.222 e. The zero-order valence-corrected chi connectivity index (χ0v) is 9.88. The summed E-state index contributed by atoms with van der Waals surface area (Å²) in [7, 11) is 0. The summed E-state index contributed by atoms with van der Waals surface area (Å²) in [5.41, 5.74) is 12.3. The Bertz CT molecular complexity index is 380. The Hall–Kier alpha value is -1.39. The molecule has 2 rings (SSSR count). The number of benzene rings is 1. The van der Waals surface area contributed by atoms with Crippen molar-refractivity contribution in [2.45, 2.75) is 6.54 Å². The predicted octanol–water partition coefficient (Wildman–Crippen LogP) is 0.179. The van der Waals surface area contributed by atoms with E-state index >= 15 is 0 Å². The summed E-state index contributed by atoms with van der Waals surface area (Å²) in [6, 6.07) is 10.2. The van der Waals surface area contributed by atoms with Gasteiger partial charge in [0, 0.05) is 19.6 Å². The smallest absolute Gasteiger partial charge is 0.222 e. The summed E-state index contributed by atoms with van der Waals surface area (Å²) in [6.45, 7) is 2.98. The molecule has 0 aliphatic carbocycles. The molecule has 1 fully saturated rings. The van der Waals surface area contributed by atoms with Crippen LogP contribution in [0, 0.1) is 11.8 Å². The van der Waals surface area contributed by atoms with E-state index in [9.17, 15) is 4.79 Å². The second kappa shape index (κ2) is 5.29. The van der Waals surface area contributed by atoms with Crippen molar-refractivity contribution in [3.05, 3.63) is 35.9 Å². The third kappa shape index (κ3) is 2.84. The lowest BCUT2D eigenvalue weighted by molar-refractivity contribution is -0.122. The van der Waals surface area contributed by atoms with Crippen LogP contribution in [0.5, 0.6) is 0 Å². The number of amides is 1. The molecule has 1 aliphatic rings. The molecule has 4 N–H and O–H groups in total. The first-order valence-electron chi connectivity index (χ1n) is 5.96. The molecule has 0 aromatic heterocycles. The van der Waals surface area contributed by atoms with E-state index in [-0.39, 0.29) is 17.7 Å². The second-order valence-electron chi connectivity index (χ2n) is 4.68. The first-order chi connectivity index (χ1) is 8.20. The van der Waals surface area contributed by atoms with Crippen LogP contribution in [0.3, 0.4) is 0 Å². The van der Waals surface area contributed by atoms with E-state index in [1.807, 2.05) is 18.2 Å². The predicted molar refractivity (Wildman–Crippen MR) is 66.9 cm³/mol. The highest BCUT2D eigenvalue weighted by molar-refractivity contribution is 5.77. The highest BCUT2D eigenvalue weighted by atomic mass is 16.1. The van der Waals surface area contributed by atoms with E-state index in [0.717, 1.165) is 19.6 Å². The Kier molecular flexibility index (Phi) is 3.76. The van der Waals surface area contributed by atoms with Crippen LogP contribution in [0.15, 0.2) is 30.3 Å². The molecule has 2 atom stereocenters. The first-order valence-corrected chi connectivity index (χ1v) is 5.96. The van der Waals surface area contributed by atoms with Crippen molar-refractivity contribution in [3.8, 4) is 0 Å². The molecule has 92 valence electrons. The Morgan fingerprint density at radius 3 is 2.53 bits per heavy atom. The maximum atomic E-state index is 11.3. The van der Waals surface area contributed by atoms with Crippen molar-refractivity contribution in [1.29, 1.82) is 0 Å². The minimum Gasteiger partial charge on any atom is -0.369 e. The molecule has 0 saturated carbocycles. The number of likely N-dealkylation sites (tertiary alicyclic amines) is 1. The largest absolute Gasteiger partial charge is 0.369 e. The van der Waals surface area contributed by atoms with E-state index in [2.05, 4.69) is 17.0 Å². The minimum atomic E-state index is -0.226. The molecule has 0 bridgehead atoms. The molecule has 17 heavy (non-hydrogen) atoms. The Morgan fingerprint density at radius 2 is 2.00 bits per heavy atom. The van der Waals surface area contributed by atoms with Crippen molar-refractivity contribution < 1.29 is 4.79 Å². The summed E-state index contributed by atoms with van der Waals surface area (Å²) < 4.78 is 0. The minimum absolute atomic E-state index is 0.0938. The Balaban J connectivity index is 1.99.